The van der Waals surface area contributed by atoms with Crippen LogP contribution in [0.5, 0.6) is 5.75 Å². The van der Waals surface area contributed by atoms with Crippen LogP contribution in [0.4, 0.5) is 5.82 Å². The number of nitrogens with one attached hydrogen (secondary N) is 1. The highest BCUT2D eigenvalue weighted by Crippen LogP contribution is 2.26. The lowest BCUT2D eigenvalue weighted by atomic mass is 10.2. The molecule has 3 nitrogen and oxygen atoms in total. The summed E-state index contributed by atoms with van der Waals surface area (Å²) in [6, 6.07) is 11.4. The van der Waals surface area contributed by atoms with Crippen LogP contribution in [0.15, 0.2) is 48.0 Å². The van der Waals surface area contributed by atoms with Gasteiger partial charge in [-0.25, -0.2) is 4.98 Å². The van der Waals surface area contributed by atoms with Crippen molar-refractivity contribution in [2.45, 2.75) is 6.54 Å². The molecule has 2 aromatic heterocycles. The van der Waals surface area contributed by atoms with E-state index in [4.69, 9.17) is 0 Å². The average Bonchev–Trinajstić information content (AvgIpc) is 2.86. The summed E-state index contributed by atoms with van der Waals surface area (Å²) in [6.45, 7) is 0.564. The van der Waals surface area contributed by atoms with Crippen molar-refractivity contribution in [2.75, 3.05) is 5.32 Å². The van der Waals surface area contributed by atoms with Crippen molar-refractivity contribution in [3.05, 3.63) is 53.5 Å². The first kappa shape index (κ1) is 11.0. The van der Waals surface area contributed by atoms with Crippen LogP contribution in [0.25, 0.3) is 10.1 Å². The fourth-order valence-electron chi connectivity index (χ4n) is 1.87. The molecule has 2 heterocycles. The Morgan fingerprint density at radius 2 is 2.06 bits per heavy atom. The fraction of sp³-hybridized carbons (Fsp3) is 0.0714. The Morgan fingerprint density at radius 1 is 1.17 bits per heavy atom. The van der Waals surface area contributed by atoms with E-state index in [1.165, 1.54) is 4.70 Å². The van der Waals surface area contributed by atoms with Crippen molar-refractivity contribution in [1.82, 2.24) is 4.98 Å². The standard InChI is InChI=1S/C14H12N2OS/c17-12-4-2-1-3-10(12)9-16-14-11-6-8-18-13(11)5-7-15-14/h1-8,17H,9H2,(H,15,16). The zero-order chi connectivity index (χ0) is 12.4. The number of para-hydroxylation sites is 1. The molecule has 0 saturated carbocycles. The van der Waals surface area contributed by atoms with Crippen LogP contribution >= 0.6 is 11.3 Å². The first-order valence-corrected chi connectivity index (χ1v) is 6.55. The smallest absolute Gasteiger partial charge is 0.134 e. The Labute approximate surface area is 109 Å². The first-order chi connectivity index (χ1) is 8.84. The fourth-order valence-corrected chi connectivity index (χ4v) is 2.66. The SMILES string of the molecule is Oc1ccccc1CNc1nccc2sccc12. The maximum Gasteiger partial charge on any atom is 0.134 e. The number of nitrogens with zero attached hydrogens (tertiary/aromatic N) is 1. The van der Waals surface area contributed by atoms with Crippen molar-refractivity contribution in [3.8, 4) is 5.75 Å². The Hall–Kier alpha value is -2.07. The summed E-state index contributed by atoms with van der Waals surface area (Å²) in [6.07, 6.45) is 1.80. The predicted molar refractivity (Wildman–Crippen MR) is 75.1 cm³/mol. The molecule has 90 valence electrons. The minimum Gasteiger partial charge on any atom is -0.508 e. The maximum atomic E-state index is 9.70. The normalized spacial score (nSPS) is 10.7. The van der Waals surface area contributed by atoms with Gasteiger partial charge >= 0.3 is 0 Å². The average molecular weight is 256 g/mol. The molecule has 0 bridgehead atoms. The van der Waals surface area contributed by atoms with Gasteiger partial charge in [0.2, 0.25) is 0 Å². The Bertz CT molecular complexity index is 678. The molecule has 3 aromatic rings. The highest BCUT2D eigenvalue weighted by Gasteiger charge is 2.04. The van der Waals surface area contributed by atoms with E-state index in [2.05, 4.69) is 21.7 Å². The Morgan fingerprint density at radius 3 is 2.94 bits per heavy atom. The molecule has 0 spiro atoms. The summed E-state index contributed by atoms with van der Waals surface area (Å²) in [5, 5.41) is 16.1. The largest absolute Gasteiger partial charge is 0.508 e. The van der Waals surface area contributed by atoms with Crippen molar-refractivity contribution < 1.29 is 5.11 Å². The number of phenolic OH excluding ortho intramolecular Hbond substituents is 1. The summed E-state index contributed by atoms with van der Waals surface area (Å²) in [7, 11) is 0. The minimum atomic E-state index is 0.308. The zero-order valence-corrected chi connectivity index (χ0v) is 10.4. The van der Waals surface area contributed by atoms with E-state index >= 15 is 0 Å². The molecule has 0 fully saturated rings. The van der Waals surface area contributed by atoms with Gasteiger partial charge in [0.25, 0.3) is 0 Å². The molecule has 0 saturated heterocycles. The van der Waals surface area contributed by atoms with Crippen molar-refractivity contribution >= 4 is 27.2 Å². The van der Waals surface area contributed by atoms with Gasteiger partial charge in [-0.05, 0) is 23.6 Å². The third-order valence-electron chi connectivity index (χ3n) is 2.82. The zero-order valence-electron chi connectivity index (χ0n) is 9.63. The van der Waals surface area contributed by atoms with E-state index in [1.807, 2.05) is 24.3 Å². The molecule has 4 heteroatoms. The van der Waals surface area contributed by atoms with Gasteiger partial charge in [-0.3, -0.25) is 0 Å². The van der Waals surface area contributed by atoms with Gasteiger partial charge in [0.05, 0.1) is 0 Å². The number of benzene rings is 1. The number of hydrogen-bond donors (Lipinski definition) is 2. The number of hydrogen-bond acceptors (Lipinski definition) is 4. The molecule has 0 unspecified atom stereocenters. The van der Waals surface area contributed by atoms with E-state index in [0.29, 0.717) is 12.3 Å². The van der Waals surface area contributed by atoms with Crippen LogP contribution in [0.3, 0.4) is 0 Å². The highest BCUT2D eigenvalue weighted by atomic mass is 32.1. The molecular formula is C14H12N2OS. The van der Waals surface area contributed by atoms with Crippen LogP contribution in [0.1, 0.15) is 5.56 Å². The topological polar surface area (TPSA) is 45.1 Å². The van der Waals surface area contributed by atoms with E-state index in [9.17, 15) is 5.11 Å². The van der Waals surface area contributed by atoms with E-state index in [0.717, 1.165) is 16.8 Å². The van der Waals surface area contributed by atoms with Gasteiger partial charge in [0.15, 0.2) is 0 Å². The summed E-state index contributed by atoms with van der Waals surface area (Å²) in [5.74, 6) is 1.17. The van der Waals surface area contributed by atoms with E-state index in [-0.39, 0.29) is 0 Å². The monoisotopic (exact) mass is 256 g/mol. The Balaban J connectivity index is 1.85. The van der Waals surface area contributed by atoms with Gasteiger partial charge in [0.1, 0.15) is 11.6 Å². The minimum absolute atomic E-state index is 0.308. The van der Waals surface area contributed by atoms with E-state index < -0.39 is 0 Å². The number of pyridine rings is 1. The van der Waals surface area contributed by atoms with Gasteiger partial charge in [-0.15, -0.1) is 11.3 Å². The van der Waals surface area contributed by atoms with Gasteiger partial charge in [-0.2, -0.15) is 0 Å². The number of rotatable bonds is 3. The molecule has 0 aliphatic heterocycles. The number of fused-ring (bicyclic) bond motifs is 1. The lowest BCUT2D eigenvalue weighted by Crippen LogP contribution is -2.01. The lowest BCUT2D eigenvalue weighted by molar-refractivity contribution is 0.469. The third-order valence-corrected chi connectivity index (χ3v) is 3.70. The molecule has 0 atom stereocenters. The second-order valence-corrected chi connectivity index (χ2v) is 4.92. The Kier molecular flexibility index (Phi) is 2.86. The van der Waals surface area contributed by atoms with Gasteiger partial charge < -0.3 is 10.4 Å². The number of aromatic nitrogens is 1. The molecule has 0 amide bonds. The number of aromatic hydroxyl groups is 1. The van der Waals surface area contributed by atoms with Crippen molar-refractivity contribution in [2.24, 2.45) is 0 Å². The van der Waals surface area contributed by atoms with Gasteiger partial charge in [-0.1, -0.05) is 18.2 Å². The summed E-state index contributed by atoms with van der Waals surface area (Å²) < 4.78 is 1.21. The second kappa shape index (κ2) is 4.66. The number of thiophene rings is 1. The molecule has 0 aliphatic rings. The van der Waals surface area contributed by atoms with Gasteiger partial charge in [0, 0.05) is 28.4 Å². The number of phenols is 1. The molecule has 1 aromatic carbocycles. The third kappa shape index (κ3) is 2.02. The quantitative estimate of drug-likeness (QED) is 0.752. The molecule has 3 rings (SSSR count). The summed E-state index contributed by atoms with van der Waals surface area (Å²) >= 11 is 1.70. The van der Waals surface area contributed by atoms with Crippen molar-refractivity contribution in [3.63, 3.8) is 0 Å². The molecule has 0 aliphatic carbocycles. The van der Waals surface area contributed by atoms with Crippen LogP contribution in [-0.4, -0.2) is 10.1 Å². The molecular weight excluding hydrogens is 244 g/mol. The van der Waals surface area contributed by atoms with Crippen LogP contribution in [-0.2, 0) is 6.54 Å². The lowest BCUT2D eigenvalue weighted by Gasteiger charge is -2.08. The van der Waals surface area contributed by atoms with Crippen LogP contribution in [0, 0.1) is 0 Å². The van der Waals surface area contributed by atoms with Crippen LogP contribution < -0.4 is 5.32 Å². The van der Waals surface area contributed by atoms with Crippen LogP contribution in [0.2, 0.25) is 0 Å². The summed E-state index contributed by atoms with van der Waals surface area (Å²) in [4.78, 5) is 4.34. The maximum absolute atomic E-state index is 9.70. The molecule has 18 heavy (non-hydrogen) atoms. The molecule has 2 N–H and O–H groups in total. The summed E-state index contributed by atoms with van der Waals surface area (Å²) in [5.41, 5.74) is 0.867. The predicted octanol–water partition coefficient (Wildman–Crippen LogP) is 3.61. The van der Waals surface area contributed by atoms with E-state index in [1.54, 1.807) is 23.6 Å². The highest BCUT2D eigenvalue weighted by molar-refractivity contribution is 7.17. The number of anilines is 1. The van der Waals surface area contributed by atoms with Crippen molar-refractivity contribution in [1.29, 1.82) is 0 Å². The second-order valence-electron chi connectivity index (χ2n) is 3.97. The molecule has 0 radical (unpaired) electrons. The first-order valence-electron chi connectivity index (χ1n) is 5.67.